The number of carboxylic acid groups (broad SMARTS) is 1. The number of hydrogen-bond acceptors (Lipinski definition) is 3. The maximum atomic E-state index is 11.7. The van der Waals surface area contributed by atoms with Gasteiger partial charge in [-0.2, -0.15) is 0 Å². The summed E-state index contributed by atoms with van der Waals surface area (Å²) in [6.07, 6.45) is 0.993. The second-order valence-corrected chi connectivity index (χ2v) is 5.91. The molecule has 2 N–H and O–H groups in total. The van der Waals surface area contributed by atoms with Gasteiger partial charge in [0.2, 0.25) is 5.91 Å². The van der Waals surface area contributed by atoms with Crippen molar-refractivity contribution >= 4 is 40.9 Å². The lowest BCUT2D eigenvalue weighted by molar-refractivity contribution is -0.113. The molecule has 0 aromatic heterocycles. The zero-order valence-electron chi connectivity index (χ0n) is 10.8. The number of amides is 1. The van der Waals surface area contributed by atoms with Crippen LogP contribution in [0.1, 0.15) is 30.6 Å². The second-order valence-electron chi connectivity index (χ2n) is 4.08. The van der Waals surface area contributed by atoms with Gasteiger partial charge in [-0.25, -0.2) is 4.79 Å². The molecule has 0 aliphatic rings. The molecule has 0 radical (unpaired) electrons. The summed E-state index contributed by atoms with van der Waals surface area (Å²) in [6, 6.07) is 4.22. The number of halogens is 1. The van der Waals surface area contributed by atoms with Crippen molar-refractivity contribution in [3.05, 3.63) is 28.8 Å². The summed E-state index contributed by atoms with van der Waals surface area (Å²) in [4.78, 5) is 22.6. The molecule has 0 fully saturated rings. The Morgan fingerprint density at radius 2 is 2.16 bits per heavy atom. The number of carbonyl (C=O) groups is 2. The van der Waals surface area contributed by atoms with Crippen LogP contribution >= 0.6 is 23.4 Å². The fourth-order valence-corrected chi connectivity index (χ4v) is 2.18. The van der Waals surface area contributed by atoms with Crippen LogP contribution in [0.15, 0.2) is 18.2 Å². The van der Waals surface area contributed by atoms with Crippen molar-refractivity contribution in [1.82, 2.24) is 0 Å². The lowest BCUT2D eigenvalue weighted by atomic mass is 10.2. The van der Waals surface area contributed by atoms with Crippen LogP contribution in [0.4, 0.5) is 5.69 Å². The van der Waals surface area contributed by atoms with Crippen molar-refractivity contribution in [2.45, 2.75) is 25.5 Å². The standard InChI is InChI=1S/C13H16ClNO3S/c1-3-8(2)19-7-12(16)15-11-6-9(13(17)18)4-5-10(11)14/h4-6,8H,3,7H2,1-2H3,(H,15,16)(H,17,18). The quantitative estimate of drug-likeness (QED) is 0.844. The topological polar surface area (TPSA) is 66.4 Å². The van der Waals surface area contributed by atoms with E-state index >= 15 is 0 Å². The van der Waals surface area contributed by atoms with Gasteiger partial charge in [0.15, 0.2) is 0 Å². The van der Waals surface area contributed by atoms with Crippen molar-refractivity contribution in [3.8, 4) is 0 Å². The van der Waals surface area contributed by atoms with E-state index in [4.69, 9.17) is 16.7 Å². The molecule has 104 valence electrons. The number of aromatic carboxylic acids is 1. The third-order valence-electron chi connectivity index (χ3n) is 2.56. The van der Waals surface area contributed by atoms with Gasteiger partial charge < -0.3 is 10.4 Å². The molecule has 0 saturated heterocycles. The van der Waals surface area contributed by atoms with Gasteiger partial charge in [-0.1, -0.05) is 25.4 Å². The summed E-state index contributed by atoms with van der Waals surface area (Å²) >= 11 is 7.47. The van der Waals surface area contributed by atoms with Crippen LogP contribution in [-0.4, -0.2) is 28.0 Å². The third-order valence-corrected chi connectivity index (χ3v) is 4.22. The molecule has 1 amide bonds. The van der Waals surface area contributed by atoms with Crippen LogP contribution < -0.4 is 5.32 Å². The number of carboxylic acids is 1. The first-order valence-electron chi connectivity index (χ1n) is 5.88. The van der Waals surface area contributed by atoms with Gasteiger partial charge in [0, 0.05) is 5.25 Å². The van der Waals surface area contributed by atoms with Crippen LogP contribution in [0.2, 0.25) is 5.02 Å². The largest absolute Gasteiger partial charge is 0.478 e. The molecule has 1 atom stereocenters. The van der Waals surface area contributed by atoms with Crippen molar-refractivity contribution in [2.24, 2.45) is 0 Å². The molecule has 6 heteroatoms. The van der Waals surface area contributed by atoms with E-state index in [1.807, 2.05) is 0 Å². The Morgan fingerprint density at radius 3 is 2.74 bits per heavy atom. The Morgan fingerprint density at radius 1 is 1.47 bits per heavy atom. The predicted octanol–water partition coefficient (Wildman–Crippen LogP) is 3.51. The van der Waals surface area contributed by atoms with Gasteiger partial charge in [-0.05, 0) is 24.6 Å². The molecule has 1 rings (SSSR count). The zero-order chi connectivity index (χ0) is 14.4. The Kier molecular flexibility index (Phi) is 6.18. The highest BCUT2D eigenvalue weighted by atomic mass is 35.5. The monoisotopic (exact) mass is 301 g/mol. The first-order chi connectivity index (χ1) is 8.93. The minimum absolute atomic E-state index is 0.0919. The molecule has 4 nitrogen and oxygen atoms in total. The van der Waals surface area contributed by atoms with Crippen molar-refractivity contribution in [1.29, 1.82) is 0 Å². The molecule has 0 aliphatic heterocycles. The van der Waals surface area contributed by atoms with Crippen molar-refractivity contribution < 1.29 is 14.7 Å². The van der Waals surface area contributed by atoms with Gasteiger partial charge in [0.1, 0.15) is 0 Å². The molecule has 1 aromatic rings. The molecule has 0 heterocycles. The third kappa shape index (κ3) is 5.12. The summed E-state index contributed by atoms with van der Waals surface area (Å²) in [5.74, 6) is -0.918. The zero-order valence-corrected chi connectivity index (χ0v) is 12.3. The van der Waals surface area contributed by atoms with Gasteiger partial charge in [-0.15, -0.1) is 11.8 Å². The minimum Gasteiger partial charge on any atom is -0.478 e. The molecule has 0 spiro atoms. The molecule has 1 unspecified atom stereocenters. The van der Waals surface area contributed by atoms with Gasteiger partial charge in [-0.3, -0.25) is 4.79 Å². The summed E-state index contributed by atoms with van der Waals surface area (Å²) in [5, 5.41) is 12.2. The summed E-state index contributed by atoms with van der Waals surface area (Å²) < 4.78 is 0. The number of carbonyl (C=O) groups excluding carboxylic acids is 1. The molecule has 0 saturated carbocycles. The Labute approximate surface area is 121 Å². The fourth-order valence-electron chi connectivity index (χ4n) is 1.28. The number of benzene rings is 1. The highest BCUT2D eigenvalue weighted by molar-refractivity contribution is 8.00. The van der Waals surface area contributed by atoms with E-state index in [-0.39, 0.29) is 11.5 Å². The van der Waals surface area contributed by atoms with Crippen LogP contribution in [0, 0.1) is 0 Å². The van der Waals surface area contributed by atoms with E-state index in [1.54, 1.807) is 11.8 Å². The van der Waals surface area contributed by atoms with Crippen LogP contribution in [-0.2, 0) is 4.79 Å². The first kappa shape index (κ1) is 15.9. The highest BCUT2D eigenvalue weighted by Gasteiger charge is 2.11. The highest BCUT2D eigenvalue weighted by Crippen LogP contribution is 2.23. The van der Waals surface area contributed by atoms with Gasteiger partial charge in [0.05, 0.1) is 22.0 Å². The smallest absolute Gasteiger partial charge is 0.335 e. The first-order valence-corrected chi connectivity index (χ1v) is 7.31. The molecular formula is C13H16ClNO3S. The van der Waals surface area contributed by atoms with Crippen molar-refractivity contribution in [2.75, 3.05) is 11.1 Å². The number of thioether (sulfide) groups is 1. The molecule has 1 aromatic carbocycles. The van der Waals surface area contributed by atoms with Gasteiger partial charge in [0.25, 0.3) is 0 Å². The summed E-state index contributed by atoms with van der Waals surface area (Å²) in [5.41, 5.74) is 0.422. The Hall–Kier alpha value is -1.20. The van der Waals surface area contributed by atoms with E-state index in [2.05, 4.69) is 19.2 Å². The number of anilines is 1. The Bertz CT molecular complexity index is 479. The minimum atomic E-state index is -1.05. The van der Waals surface area contributed by atoms with Gasteiger partial charge >= 0.3 is 5.97 Å². The predicted molar refractivity (Wildman–Crippen MR) is 79.3 cm³/mol. The molecular weight excluding hydrogens is 286 g/mol. The van der Waals surface area contributed by atoms with Crippen LogP contribution in [0.5, 0.6) is 0 Å². The second kappa shape index (κ2) is 7.40. The number of rotatable bonds is 6. The fraction of sp³-hybridized carbons (Fsp3) is 0.385. The number of nitrogens with one attached hydrogen (secondary N) is 1. The average Bonchev–Trinajstić information content (AvgIpc) is 2.38. The van der Waals surface area contributed by atoms with Crippen molar-refractivity contribution in [3.63, 3.8) is 0 Å². The SMILES string of the molecule is CCC(C)SCC(=O)Nc1cc(C(=O)O)ccc1Cl. The van der Waals surface area contributed by atoms with Crippen LogP contribution in [0.3, 0.4) is 0 Å². The lowest BCUT2D eigenvalue weighted by Gasteiger charge is -2.10. The maximum Gasteiger partial charge on any atom is 0.335 e. The number of hydrogen-bond donors (Lipinski definition) is 2. The maximum absolute atomic E-state index is 11.7. The van der Waals surface area contributed by atoms with E-state index < -0.39 is 5.97 Å². The summed E-state index contributed by atoms with van der Waals surface area (Å²) in [7, 11) is 0. The van der Waals surface area contributed by atoms with E-state index in [0.29, 0.717) is 21.7 Å². The average molecular weight is 302 g/mol. The van der Waals surface area contributed by atoms with E-state index in [1.165, 1.54) is 18.2 Å². The Balaban J connectivity index is 2.68. The van der Waals surface area contributed by atoms with E-state index in [9.17, 15) is 9.59 Å². The summed E-state index contributed by atoms with van der Waals surface area (Å²) in [6.45, 7) is 4.11. The molecule has 0 bridgehead atoms. The molecule has 0 aliphatic carbocycles. The normalized spacial score (nSPS) is 11.9. The lowest BCUT2D eigenvalue weighted by Crippen LogP contribution is -2.16. The van der Waals surface area contributed by atoms with Crippen LogP contribution in [0.25, 0.3) is 0 Å². The molecule has 19 heavy (non-hydrogen) atoms. The van der Waals surface area contributed by atoms with E-state index in [0.717, 1.165) is 6.42 Å².